The number of rotatable bonds is 0. The Kier molecular flexibility index (Phi) is 7.49. The van der Waals surface area contributed by atoms with E-state index in [0.717, 1.165) is 5.76 Å². The van der Waals surface area contributed by atoms with Crippen LogP contribution in [0.2, 0.25) is 13.1 Å². The fourth-order valence-electron chi connectivity index (χ4n) is 4.59. The van der Waals surface area contributed by atoms with Crippen LogP contribution in [0, 0.1) is 13.8 Å². The maximum absolute atomic E-state index is 5.78. The molecule has 3 heterocycles. The van der Waals surface area contributed by atoms with Gasteiger partial charge < -0.3 is 29.2 Å². The predicted molar refractivity (Wildman–Crippen MR) is 101 cm³/mol. The van der Waals surface area contributed by atoms with Gasteiger partial charge >= 0.3 is 26.2 Å². The van der Waals surface area contributed by atoms with Crippen LogP contribution in [0.5, 0.6) is 0 Å². The summed E-state index contributed by atoms with van der Waals surface area (Å²) in [5.41, 5.74) is 5.08. The van der Waals surface area contributed by atoms with Gasteiger partial charge in [-0.05, 0) is 25.1 Å². The maximum Gasteiger partial charge on any atom is 3.00 e. The Hall–Kier alpha value is -0.470. The van der Waals surface area contributed by atoms with E-state index >= 15 is 0 Å². The van der Waals surface area contributed by atoms with Gasteiger partial charge in [0, 0.05) is 11.1 Å². The van der Waals surface area contributed by atoms with E-state index in [1.165, 1.54) is 27.7 Å². The van der Waals surface area contributed by atoms with E-state index in [2.05, 4.69) is 69.4 Å². The van der Waals surface area contributed by atoms with Crippen LogP contribution >= 0.6 is 0 Å². The molecule has 0 fully saturated rings. The maximum atomic E-state index is 5.78. The fourth-order valence-corrected chi connectivity index (χ4v) is 8.80. The zero-order valence-corrected chi connectivity index (χ0v) is 20.8. The molecule has 3 aliphatic rings. The van der Waals surface area contributed by atoms with Crippen molar-refractivity contribution in [1.29, 1.82) is 0 Å². The Morgan fingerprint density at radius 3 is 2.23 bits per heavy atom. The molecule has 0 saturated heterocycles. The van der Waals surface area contributed by atoms with E-state index in [4.69, 9.17) is 4.42 Å². The van der Waals surface area contributed by atoms with Gasteiger partial charge in [-0.1, -0.05) is 31.7 Å². The van der Waals surface area contributed by atoms with E-state index < -0.39 is 8.07 Å². The van der Waals surface area contributed by atoms with Gasteiger partial charge in [-0.3, -0.25) is 0 Å². The summed E-state index contributed by atoms with van der Waals surface area (Å²) in [6, 6.07) is 15.1. The van der Waals surface area contributed by atoms with Crippen molar-refractivity contribution >= 4 is 24.0 Å². The van der Waals surface area contributed by atoms with E-state index in [9.17, 15) is 0 Å². The molecule has 0 amide bonds. The molecule has 1 atom stereocenters. The van der Waals surface area contributed by atoms with Crippen molar-refractivity contribution in [3.63, 3.8) is 0 Å². The van der Waals surface area contributed by atoms with Gasteiger partial charge in [0.25, 0.3) is 0 Å². The number of allylic oxidation sites excluding steroid dienone is 1. The third-order valence-electron chi connectivity index (χ3n) is 5.37. The predicted octanol–water partition coefficient (Wildman–Crippen LogP) is 0.132. The van der Waals surface area contributed by atoms with Crippen molar-refractivity contribution in [2.24, 2.45) is 0 Å². The van der Waals surface area contributed by atoms with Crippen LogP contribution in [0.15, 0.2) is 52.5 Å². The number of halogens is 2. The van der Waals surface area contributed by atoms with Gasteiger partial charge in [0.05, 0.1) is 8.07 Å². The third-order valence-corrected chi connectivity index (χ3v) is 9.46. The minimum atomic E-state index is -1.10. The summed E-state index contributed by atoms with van der Waals surface area (Å²) < 4.78 is 5.78. The van der Waals surface area contributed by atoms with Crippen LogP contribution in [0.1, 0.15) is 35.1 Å². The largest absolute Gasteiger partial charge is 3.00 e. The van der Waals surface area contributed by atoms with Crippen LogP contribution in [-0.4, -0.2) is 8.07 Å². The van der Waals surface area contributed by atoms with Crippen molar-refractivity contribution in [3.8, 4) is 0 Å². The standard InChI is InChI=1S/C11H14OSi.C10H9.2ClH.Zr/c1-6-5-8-9(12-6)11-7(2)10(8)13(11,3)4;1-8-6-9-4-2-3-5-10(9)7-8;;;/h5,11H,1-4H3;2-7H,1H3;2*1H;/q;-1;;;+3/p-2. The van der Waals surface area contributed by atoms with E-state index in [-0.39, 0.29) is 51.0 Å². The number of benzene rings is 1. The molecule has 26 heavy (non-hydrogen) atoms. The van der Waals surface area contributed by atoms with Crippen LogP contribution in [-0.2, 0) is 26.2 Å². The zero-order valence-electron chi connectivity index (χ0n) is 15.8. The first-order chi connectivity index (χ1) is 10.9. The molecular weight excluding hydrogens is 458 g/mol. The summed E-state index contributed by atoms with van der Waals surface area (Å²) in [6.45, 7) is 11.3. The number of hydrogen-bond donors (Lipinski definition) is 0. The van der Waals surface area contributed by atoms with E-state index in [1.54, 1.807) is 10.8 Å². The van der Waals surface area contributed by atoms with Crippen molar-refractivity contribution in [1.82, 2.24) is 0 Å². The second-order valence-corrected chi connectivity index (χ2v) is 12.0. The van der Waals surface area contributed by atoms with Crippen LogP contribution in [0.3, 0.4) is 0 Å². The van der Waals surface area contributed by atoms with Crippen LogP contribution in [0.4, 0.5) is 0 Å². The van der Waals surface area contributed by atoms with Crippen molar-refractivity contribution in [2.75, 3.05) is 0 Å². The molecule has 1 unspecified atom stereocenters. The molecule has 2 bridgehead atoms. The Morgan fingerprint density at radius 2 is 1.65 bits per heavy atom. The molecule has 0 spiro atoms. The molecule has 1 radical (unpaired) electrons. The molecule has 6 rings (SSSR count). The topological polar surface area (TPSA) is 13.1 Å². The van der Waals surface area contributed by atoms with Gasteiger partial charge in [0.2, 0.25) is 0 Å². The first-order valence-corrected chi connectivity index (χ1v) is 11.4. The number of aryl methyl sites for hydroxylation is 2. The molecule has 3 aromatic rings. The summed E-state index contributed by atoms with van der Waals surface area (Å²) in [5, 5.41) is 4.37. The second-order valence-electron chi connectivity index (χ2n) is 7.51. The number of hydrogen-bond acceptors (Lipinski definition) is 1. The summed E-state index contributed by atoms with van der Waals surface area (Å²) >= 11 is 0. The summed E-state index contributed by atoms with van der Waals surface area (Å²) in [6.07, 6.45) is 0. The molecule has 2 aromatic carbocycles. The monoisotopic (exact) mass is 479 g/mol. The van der Waals surface area contributed by atoms with E-state index in [0.29, 0.717) is 5.54 Å². The van der Waals surface area contributed by atoms with Gasteiger partial charge in [-0.2, -0.15) is 6.07 Å². The Labute approximate surface area is 188 Å². The average Bonchev–Trinajstić information content (AvgIpc) is 3.12. The average molecular weight is 482 g/mol. The molecule has 1 aromatic heterocycles. The molecule has 2 aliphatic heterocycles. The van der Waals surface area contributed by atoms with Gasteiger partial charge in [-0.15, -0.1) is 40.6 Å². The molecule has 1 nitrogen and oxygen atoms in total. The first kappa shape index (κ1) is 23.6. The molecule has 135 valence electrons. The zero-order chi connectivity index (χ0) is 16.4. The van der Waals surface area contributed by atoms with Gasteiger partial charge in [0.1, 0.15) is 11.5 Å². The van der Waals surface area contributed by atoms with Crippen LogP contribution in [0.25, 0.3) is 16.0 Å². The van der Waals surface area contributed by atoms with Crippen molar-refractivity contribution < 1.29 is 55.4 Å². The molecular formula is C21H23Cl2OSiZr. The summed E-state index contributed by atoms with van der Waals surface area (Å²) in [7, 11) is -1.10. The molecule has 0 N–H and O–H groups in total. The van der Waals surface area contributed by atoms with Gasteiger partial charge in [-0.25, -0.2) is 0 Å². The van der Waals surface area contributed by atoms with Gasteiger partial charge in [0.15, 0.2) is 0 Å². The van der Waals surface area contributed by atoms with E-state index in [1.807, 2.05) is 6.92 Å². The first-order valence-electron chi connectivity index (χ1n) is 8.33. The quantitative estimate of drug-likeness (QED) is 0.329. The minimum Gasteiger partial charge on any atom is -1.00 e. The normalized spacial score (nSPS) is 17.8. The summed E-state index contributed by atoms with van der Waals surface area (Å²) in [4.78, 5) is 0. The van der Waals surface area contributed by atoms with Crippen molar-refractivity contribution in [2.45, 2.75) is 39.4 Å². The smallest absolute Gasteiger partial charge is 1.00 e. The van der Waals surface area contributed by atoms with Crippen molar-refractivity contribution in [3.05, 3.63) is 70.7 Å². The second kappa shape index (κ2) is 8.27. The third kappa shape index (κ3) is 3.49. The SMILES string of the molecule is CC1=C2c3cc(C)oc3C1[Si]2(C)C.Cc1cc2ccccc2[cH-]1.[Cl-].[Cl-].[Zr+3]. The van der Waals surface area contributed by atoms with Crippen LogP contribution < -0.4 is 24.8 Å². The minimum absolute atomic E-state index is 0. The Morgan fingerprint density at radius 1 is 1.00 bits per heavy atom. The molecule has 1 aliphatic carbocycles. The number of furan rings is 1. The summed E-state index contributed by atoms with van der Waals surface area (Å²) in [5.74, 6) is 2.35. The fraction of sp³-hybridized carbons (Fsp3) is 0.286. The Bertz CT molecular complexity index is 919. The Balaban J connectivity index is 0.000000239. The molecule has 0 saturated carbocycles. The number of fused-ring (bicyclic) bond motifs is 1. The molecule has 5 heteroatoms.